The van der Waals surface area contributed by atoms with Crippen LogP contribution >= 0.6 is 0 Å². The van der Waals surface area contributed by atoms with Crippen molar-refractivity contribution in [2.75, 3.05) is 5.32 Å². The monoisotopic (exact) mass is 398 g/mol. The number of aromatic hydroxyl groups is 1. The number of aromatic carboxylic acids is 1. The van der Waals surface area contributed by atoms with Crippen LogP contribution in [0.3, 0.4) is 0 Å². The van der Waals surface area contributed by atoms with E-state index < -0.39 is 23.6 Å². The fraction of sp³-hybridized carbons (Fsp3) is 0.286. The normalized spacial score (nSPS) is 17.4. The summed E-state index contributed by atoms with van der Waals surface area (Å²) in [7, 11) is 0. The molecule has 1 heterocycles. The molecule has 1 fully saturated rings. The first-order chi connectivity index (χ1) is 13.8. The number of ether oxygens (including phenoxy) is 1. The maximum Gasteiger partial charge on any atom is 0.335 e. The van der Waals surface area contributed by atoms with E-state index in [-0.39, 0.29) is 17.2 Å². The lowest BCUT2D eigenvalue weighted by Gasteiger charge is -2.53. The molecule has 2 aromatic rings. The molecule has 3 amide bonds. The molecule has 1 atom stereocenters. The highest BCUT2D eigenvalue weighted by atomic mass is 16.5. The smallest absolute Gasteiger partial charge is 0.335 e. The van der Waals surface area contributed by atoms with E-state index in [1.54, 1.807) is 0 Å². The van der Waals surface area contributed by atoms with Crippen molar-refractivity contribution in [3.05, 3.63) is 54.1 Å². The van der Waals surface area contributed by atoms with Crippen LogP contribution in [-0.2, 0) is 4.79 Å². The molecule has 0 radical (unpaired) electrons. The summed E-state index contributed by atoms with van der Waals surface area (Å²) in [6.07, 6.45) is 0.157. The summed E-state index contributed by atoms with van der Waals surface area (Å²) in [4.78, 5) is 37.6. The number of benzene rings is 2. The SMILES string of the molecule is CCC1(CC)C(=O)N(C(=O)Nc2ccc(O)cc2)C1Oc1ccc(C(=O)O)cc1. The number of carboxylic acids is 1. The van der Waals surface area contributed by atoms with Crippen LogP contribution in [0.15, 0.2) is 48.5 Å². The number of carboxylic acid groups (broad SMARTS) is 1. The average molecular weight is 398 g/mol. The Balaban J connectivity index is 1.83. The van der Waals surface area contributed by atoms with Crippen LogP contribution < -0.4 is 10.1 Å². The van der Waals surface area contributed by atoms with E-state index in [1.165, 1.54) is 48.5 Å². The second-order valence-corrected chi connectivity index (χ2v) is 6.82. The maximum atomic E-state index is 12.8. The number of likely N-dealkylation sites (tertiary alicyclic amines) is 1. The van der Waals surface area contributed by atoms with Gasteiger partial charge in [-0.2, -0.15) is 0 Å². The first kappa shape index (κ1) is 20.2. The van der Waals surface area contributed by atoms with Gasteiger partial charge >= 0.3 is 12.0 Å². The Bertz CT molecular complexity index is 919. The number of carbonyl (C=O) groups excluding carboxylic acids is 2. The number of amides is 3. The van der Waals surface area contributed by atoms with Gasteiger partial charge in [0.1, 0.15) is 16.9 Å². The fourth-order valence-corrected chi connectivity index (χ4v) is 3.43. The molecule has 3 N–H and O–H groups in total. The van der Waals surface area contributed by atoms with Crippen LogP contribution in [0.25, 0.3) is 0 Å². The van der Waals surface area contributed by atoms with Gasteiger partial charge < -0.3 is 20.3 Å². The third-order valence-corrected chi connectivity index (χ3v) is 5.30. The summed E-state index contributed by atoms with van der Waals surface area (Å²) >= 11 is 0. The number of nitrogens with one attached hydrogen (secondary N) is 1. The fourth-order valence-electron chi connectivity index (χ4n) is 3.43. The summed E-state index contributed by atoms with van der Waals surface area (Å²) in [5.74, 6) is -0.959. The van der Waals surface area contributed by atoms with Crippen molar-refractivity contribution in [3.8, 4) is 11.5 Å². The third kappa shape index (κ3) is 3.61. The zero-order chi connectivity index (χ0) is 21.2. The zero-order valence-corrected chi connectivity index (χ0v) is 16.1. The number of carbonyl (C=O) groups is 3. The van der Waals surface area contributed by atoms with E-state index in [0.717, 1.165) is 4.90 Å². The number of imide groups is 1. The molecule has 0 spiro atoms. The van der Waals surface area contributed by atoms with Crippen molar-refractivity contribution >= 4 is 23.6 Å². The molecule has 8 nitrogen and oxygen atoms in total. The number of nitrogens with zero attached hydrogens (tertiary/aromatic N) is 1. The molecule has 8 heteroatoms. The van der Waals surface area contributed by atoms with Crippen molar-refractivity contribution in [2.24, 2.45) is 5.41 Å². The van der Waals surface area contributed by atoms with Gasteiger partial charge in [0.2, 0.25) is 5.91 Å². The highest BCUT2D eigenvalue weighted by Crippen LogP contribution is 2.46. The van der Waals surface area contributed by atoms with Gasteiger partial charge in [-0.25, -0.2) is 14.5 Å². The van der Waals surface area contributed by atoms with Gasteiger partial charge in [-0.3, -0.25) is 4.79 Å². The Morgan fingerprint density at radius 2 is 1.66 bits per heavy atom. The molecule has 0 bridgehead atoms. The molecule has 1 saturated heterocycles. The van der Waals surface area contributed by atoms with E-state index in [2.05, 4.69) is 5.32 Å². The number of hydrogen-bond donors (Lipinski definition) is 3. The summed E-state index contributed by atoms with van der Waals surface area (Å²) in [6, 6.07) is 11.1. The second kappa shape index (κ2) is 7.83. The van der Waals surface area contributed by atoms with Gasteiger partial charge in [-0.15, -0.1) is 0 Å². The highest BCUT2D eigenvalue weighted by Gasteiger charge is 2.62. The van der Waals surface area contributed by atoms with E-state index in [1.807, 2.05) is 13.8 Å². The van der Waals surface area contributed by atoms with Crippen molar-refractivity contribution in [2.45, 2.75) is 32.9 Å². The molecule has 1 aliphatic rings. The molecule has 0 aliphatic carbocycles. The van der Waals surface area contributed by atoms with Crippen LogP contribution in [-0.4, -0.2) is 39.2 Å². The largest absolute Gasteiger partial charge is 0.508 e. The number of rotatable bonds is 6. The van der Waals surface area contributed by atoms with Crippen LogP contribution in [0, 0.1) is 5.41 Å². The number of hydrogen-bond acceptors (Lipinski definition) is 5. The van der Waals surface area contributed by atoms with Crippen molar-refractivity contribution in [1.82, 2.24) is 4.90 Å². The summed E-state index contributed by atoms with van der Waals surface area (Å²) in [6.45, 7) is 3.72. The van der Waals surface area contributed by atoms with E-state index in [9.17, 15) is 19.5 Å². The minimum atomic E-state index is -1.05. The van der Waals surface area contributed by atoms with Crippen LogP contribution in [0.4, 0.5) is 10.5 Å². The molecular weight excluding hydrogens is 376 g/mol. The quantitative estimate of drug-likeness (QED) is 0.505. The molecule has 0 saturated carbocycles. The van der Waals surface area contributed by atoms with Crippen molar-refractivity contribution in [1.29, 1.82) is 0 Å². The van der Waals surface area contributed by atoms with Crippen molar-refractivity contribution < 1.29 is 29.3 Å². The first-order valence-corrected chi connectivity index (χ1v) is 9.26. The van der Waals surface area contributed by atoms with Crippen molar-refractivity contribution in [3.63, 3.8) is 0 Å². The van der Waals surface area contributed by atoms with Gasteiger partial charge in [-0.05, 0) is 61.4 Å². The van der Waals surface area contributed by atoms with Gasteiger partial charge in [-0.1, -0.05) is 13.8 Å². The number of urea groups is 1. The zero-order valence-electron chi connectivity index (χ0n) is 16.1. The standard InChI is InChI=1S/C21H22N2O6/c1-3-21(4-2)18(27)23(20(28)22-14-7-9-15(24)10-8-14)19(21)29-16-11-5-13(6-12-16)17(25)26/h5-12,19,24H,3-4H2,1-2H3,(H,22,28)(H,25,26). The molecule has 3 rings (SSSR count). The Hall–Kier alpha value is -3.55. The third-order valence-electron chi connectivity index (χ3n) is 5.30. The molecular formula is C21H22N2O6. The van der Waals surface area contributed by atoms with Gasteiger partial charge in [0.15, 0.2) is 6.23 Å². The predicted octanol–water partition coefficient (Wildman–Crippen LogP) is 3.68. The lowest BCUT2D eigenvalue weighted by Crippen LogP contribution is -2.73. The molecule has 1 aliphatic heterocycles. The predicted molar refractivity (Wildman–Crippen MR) is 105 cm³/mol. The lowest BCUT2D eigenvalue weighted by molar-refractivity contribution is -0.190. The van der Waals surface area contributed by atoms with E-state index in [4.69, 9.17) is 9.84 Å². The molecule has 0 aromatic heterocycles. The molecule has 152 valence electrons. The van der Waals surface area contributed by atoms with E-state index >= 15 is 0 Å². The number of phenolic OH excluding ortho intramolecular Hbond substituents is 1. The minimum absolute atomic E-state index is 0.0602. The Labute approximate surface area is 167 Å². The second-order valence-electron chi connectivity index (χ2n) is 6.82. The van der Waals surface area contributed by atoms with Crippen LogP contribution in [0.5, 0.6) is 11.5 Å². The first-order valence-electron chi connectivity index (χ1n) is 9.26. The maximum absolute atomic E-state index is 12.8. The summed E-state index contributed by atoms with van der Waals surface area (Å²) in [5, 5.41) is 21.0. The van der Waals surface area contributed by atoms with Crippen LogP contribution in [0.2, 0.25) is 0 Å². The minimum Gasteiger partial charge on any atom is -0.508 e. The Morgan fingerprint density at radius 1 is 1.07 bits per heavy atom. The number of anilines is 1. The lowest BCUT2D eigenvalue weighted by atomic mass is 9.72. The molecule has 1 unspecified atom stereocenters. The summed E-state index contributed by atoms with van der Waals surface area (Å²) < 4.78 is 5.96. The van der Waals surface area contributed by atoms with Gasteiger partial charge in [0.25, 0.3) is 0 Å². The molecule has 29 heavy (non-hydrogen) atoms. The number of phenols is 1. The van der Waals surface area contributed by atoms with Crippen LogP contribution in [0.1, 0.15) is 37.0 Å². The van der Waals surface area contributed by atoms with Gasteiger partial charge in [0.05, 0.1) is 5.56 Å². The van der Waals surface area contributed by atoms with Gasteiger partial charge in [0, 0.05) is 5.69 Å². The topological polar surface area (TPSA) is 116 Å². The van der Waals surface area contributed by atoms with E-state index in [0.29, 0.717) is 24.3 Å². The molecule has 2 aromatic carbocycles. The number of β-lactam (4-membered cyclic amide) rings is 1. The average Bonchev–Trinajstić information content (AvgIpc) is 2.71. The summed E-state index contributed by atoms with van der Waals surface area (Å²) in [5.41, 5.74) is -0.297. The Kier molecular flexibility index (Phi) is 5.45. The Morgan fingerprint density at radius 3 is 2.17 bits per heavy atom. The highest BCUT2D eigenvalue weighted by molar-refractivity contribution is 6.07.